The standard InChI is InChI=1S/C12H16N4/c1-7-4-9-10-5-13-8(2)14-12(10)15-11(9)6-16(7)3/h5,7H,4,6H2,1-3H3,(H,13,14,15)/t7-/m1/s1. The first kappa shape index (κ1) is 9.78. The van der Waals surface area contributed by atoms with Crippen LogP contribution in [0.3, 0.4) is 0 Å². The Balaban J connectivity index is 2.20. The Kier molecular flexibility index (Phi) is 2.01. The molecule has 0 bridgehead atoms. The van der Waals surface area contributed by atoms with Crippen molar-refractivity contribution in [1.82, 2.24) is 19.9 Å². The number of nitrogens with one attached hydrogen (secondary N) is 1. The van der Waals surface area contributed by atoms with E-state index in [0.717, 1.165) is 24.4 Å². The number of nitrogens with zero attached hydrogens (tertiary/aromatic N) is 3. The van der Waals surface area contributed by atoms with Crippen molar-refractivity contribution in [3.8, 4) is 0 Å². The lowest BCUT2D eigenvalue weighted by molar-refractivity contribution is 0.229. The Morgan fingerprint density at radius 3 is 3.12 bits per heavy atom. The molecule has 0 aromatic carbocycles. The number of aromatic nitrogens is 3. The Bertz CT molecular complexity index is 543. The Hall–Kier alpha value is -1.42. The first-order valence-electron chi connectivity index (χ1n) is 5.68. The van der Waals surface area contributed by atoms with Crippen molar-refractivity contribution < 1.29 is 0 Å². The number of likely N-dealkylation sites (N-methyl/N-ethyl adjacent to an activating group) is 1. The summed E-state index contributed by atoms with van der Waals surface area (Å²) in [7, 11) is 2.16. The van der Waals surface area contributed by atoms with E-state index in [2.05, 4.69) is 33.8 Å². The molecule has 0 saturated carbocycles. The van der Waals surface area contributed by atoms with Gasteiger partial charge in [-0.1, -0.05) is 0 Å². The third-order valence-electron chi connectivity index (χ3n) is 3.53. The highest BCUT2D eigenvalue weighted by Crippen LogP contribution is 2.27. The smallest absolute Gasteiger partial charge is 0.141 e. The van der Waals surface area contributed by atoms with Crippen molar-refractivity contribution >= 4 is 11.0 Å². The van der Waals surface area contributed by atoms with Gasteiger partial charge in [-0.25, -0.2) is 9.97 Å². The van der Waals surface area contributed by atoms with Gasteiger partial charge >= 0.3 is 0 Å². The second-order valence-corrected chi connectivity index (χ2v) is 4.73. The third kappa shape index (κ3) is 1.33. The summed E-state index contributed by atoms with van der Waals surface area (Å²) in [6.45, 7) is 5.16. The van der Waals surface area contributed by atoms with E-state index >= 15 is 0 Å². The van der Waals surface area contributed by atoms with Crippen molar-refractivity contribution in [3.63, 3.8) is 0 Å². The van der Waals surface area contributed by atoms with Gasteiger partial charge in [-0.2, -0.15) is 0 Å². The molecule has 3 rings (SSSR count). The van der Waals surface area contributed by atoms with Gasteiger partial charge in [-0.3, -0.25) is 4.90 Å². The molecule has 0 fully saturated rings. The van der Waals surface area contributed by atoms with E-state index in [9.17, 15) is 0 Å². The van der Waals surface area contributed by atoms with Gasteiger partial charge in [0.2, 0.25) is 0 Å². The fraction of sp³-hybridized carbons (Fsp3) is 0.500. The summed E-state index contributed by atoms with van der Waals surface area (Å²) in [5.41, 5.74) is 3.69. The summed E-state index contributed by atoms with van der Waals surface area (Å²) >= 11 is 0. The average molecular weight is 216 g/mol. The van der Waals surface area contributed by atoms with Crippen LogP contribution in [0.2, 0.25) is 0 Å². The molecular weight excluding hydrogens is 200 g/mol. The summed E-state index contributed by atoms with van der Waals surface area (Å²) in [5.74, 6) is 0.826. The van der Waals surface area contributed by atoms with Gasteiger partial charge < -0.3 is 4.98 Å². The van der Waals surface area contributed by atoms with Gasteiger partial charge in [0.25, 0.3) is 0 Å². The Morgan fingerprint density at radius 2 is 2.31 bits per heavy atom. The predicted octanol–water partition coefficient (Wildman–Crippen LogP) is 1.64. The monoisotopic (exact) mass is 216 g/mol. The van der Waals surface area contributed by atoms with E-state index in [0.29, 0.717) is 6.04 Å². The van der Waals surface area contributed by atoms with Crippen LogP contribution in [0.5, 0.6) is 0 Å². The third-order valence-corrected chi connectivity index (χ3v) is 3.53. The largest absolute Gasteiger partial charge is 0.342 e. The van der Waals surface area contributed by atoms with E-state index in [-0.39, 0.29) is 0 Å². The summed E-state index contributed by atoms with van der Waals surface area (Å²) in [6, 6.07) is 0.591. The molecule has 0 saturated heterocycles. The first-order valence-corrected chi connectivity index (χ1v) is 5.68. The van der Waals surface area contributed by atoms with Gasteiger partial charge in [0, 0.05) is 29.9 Å². The molecule has 0 unspecified atom stereocenters. The van der Waals surface area contributed by atoms with Gasteiger partial charge in [-0.15, -0.1) is 0 Å². The fourth-order valence-corrected chi connectivity index (χ4v) is 2.39. The molecule has 3 heterocycles. The van der Waals surface area contributed by atoms with E-state index < -0.39 is 0 Å². The van der Waals surface area contributed by atoms with E-state index in [1.807, 2.05) is 13.1 Å². The number of fused-ring (bicyclic) bond motifs is 3. The number of H-pyrrole nitrogens is 1. The molecule has 4 heteroatoms. The zero-order valence-electron chi connectivity index (χ0n) is 9.91. The molecular formula is C12H16N4. The molecule has 0 spiro atoms. The minimum absolute atomic E-state index is 0.591. The van der Waals surface area contributed by atoms with Gasteiger partial charge in [-0.05, 0) is 32.9 Å². The molecule has 1 aliphatic heterocycles. The number of rotatable bonds is 0. The summed E-state index contributed by atoms with van der Waals surface area (Å²) < 4.78 is 0. The van der Waals surface area contributed by atoms with Crippen molar-refractivity contribution in [2.45, 2.75) is 32.9 Å². The predicted molar refractivity (Wildman–Crippen MR) is 63.3 cm³/mol. The molecule has 4 nitrogen and oxygen atoms in total. The van der Waals surface area contributed by atoms with Gasteiger partial charge in [0.1, 0.15) is 11.5 Å². The van der Waals surface area contributed by atoms with E-state index in [4.69, 9.17) is 0 Å². The van der Waals surface area contributed by atoms with Crippen molar-refractivity contribution in [1.29, 1.82) is 0 Å². The highest BCUT2D eigenvalue weighted by atomic mass is 15.1. The van der Waals surface area contributed by atoms with Gasteiger partial charge in [0.05, 0.1) is 0 Å². The van der Waals surface area contributed by atoms with Crippen molar-refractivity contribution in [2.24, 2.45) is 0 Å². The maximum Gasteiger partial charge on any atom is 0.141 e. The van der Waals surface area contributed by atoms with Crippen molar-refractivity contribution in [2.75, 3.05) is 7.05 Å². The molecule has 0 radical (unpaired) electrons. The lowest BCUT2D eigenvalue weighted by Crippen LogP contribution is -2.34. The quantitative estimate of drug-likeness (QED) is 0.728. The second-order valence-electron chi connectivity index (χ2n) is 4.73. The Morgan fingerprint density at radius 1 is 1.50 bits per heavy atom. The molecule has 16 heavy (non-hydrogen) atoms. The molecule has 0 amide bonds. The SMILES string of the molecule is Cc1ncc2c3c([nH]c2n1)CN(C)[C@H](C)C3. The van der Waals surface area contributed by atoms with Crippen LogP contribution in [0.25, 0.3) is 11.0 Å². The summed E-state index contributed by atoms with van der Waals surface area (Å²) in [4.78, 5) is 14.5. The summed E-state index contributed by atoms with van der Waals surface area (Å²) in [6.07, 6.45) is 3.03. The van der Waals surface area contributed by atoms with E-state index in [1.165, 1.54) is 16.6 Å². The highest BCUT2D eigenvalue weighted by Gasteiger charge is 2.23. The van der Waals surface area contributed by atoms with Crippen LogP contribution in [0.1, 0.15) is 24.0 Å². The second kappa shape index (κ2) is 3.28. The normalized spacial score (nSPS) is 21.3. The zero-order chi connectivity index (χ0) is 11.3. The van der Waals surface area contributed by atoms with Crippen LogP contribution in [-0.2, 0) is 13.0 Å². The highest BCUT2D eigenvalue weighted by molar-refractivity contribution is 5.80. The fourth-order valence-electron chi connectivity index (χ4n) is 2.39. The lowest BCUT2D eigenvalue weighted by atomic mass is 9.99. The molecule has 1 N–H and O–H groups in total. The first-order chi connectivity index (χ1) is 7.65. The maximum absolute atomic E-state index is 4.45. The van der Waals surface area contributed by atoms with Crippen LogP contribution < -0.4 is 0 Å². The van der Waals surface area contributed by atoms with Crippen LogP contribution in [0.15, 0.2) is 6.20 Å². The molecule has 1 aliphatic rings. The van der Waals surface area contributed by atoms with Crippen molar-refractivity contribution in [3.05, 3.63) is 23.3 Å². The number of aromatic amines is 1. The van der Waals surface area contributed by atoms with Crippen LogP contribution in [0.4, 0.5) is 0 Å². The zero-order valence-corrected chi connectivity index (χ0v) is 9.91. The van der Waals surface area contributed by atoms with Crippen LogP contribution in [-0.4, -0.2) is 32.9 Å². The Labute approximate surface area is 94.7 Å². The topological polar surface area (TPSA) is 44.8 Å². The number of hydrogen-bond acceptors (Lipinski definition) is 3. The van der Waals surface area contributed by atoms with E-state index in [1.54, 1.807) is 0 Å². The van der Waals surface area contributed by atoms with Gasteiger partial charge in [0.15, 0.2) is 0 Å². The van der Waals surface area contributed by atoms with Crippen LogP contribution in [0, 0.1) is 6.92 Å². The minimum atomic E-state index is 0.591. The molecule has 84 valence electrons. The maximum atomic E-state index is 4.45. The van der Waals surface area contributed by atoms with Crippen LogP contribution >= 0.6 is 0 Å². The minimum Gasteiger partial charge on any atom is -0.342 e. The molecule has 2 aromatic rings. The lowest BCUT2D eigenvalue weighted by Gasteiger charge is -2.29. The number of aryl methyl sites for hydroxylation is 1. The summed E-state index contributed by atoms with van der Waals surface area (Å²) in [5, 5.41) is 1.19. The average Bonchev–Trinajstić information content (AvgIpc) is 2.55. The molecule has 0 aliphatic carbocycles. The molecule has 2 aromatic heterocycles. The molecule has 1 atom stereocenters. The number of hydrogen-bond donors (Lipinski definition) is 1.